The Morgan fingerprint density at radius 2 is 1.83 bits per heavy atom. The molecule has 2 atom stereocenters. The zero-order valence-corrected chi connectivity index (χ0v) is 14.7. The van der Waals surface area contributed by atoms with Crippen molar-refractivity contribution in [2.75, 3.05) is 36.8 Å². The second kappa shape index (κ2) is 6.93. The third kappa shape index (κ3) is 3.77. The molecule has 1 amide bonds. The molecule has 7 nitrogen and oxygen atoms in total. The van der Waals surface area contributed by atoms with Crippen LogP contribution >= 0.6 is 0 Å². The molecule has 2 saturated heterocycles. The summed E-state index contributed by atoms with van der Waals surface area (Å²) in [5.41, 5.74) is 6.61. The van der Waals surface area contributed by atoms with Gasteiger partial charge in [0.15, 0.2) is 0 Å². The molecule has 0 saturated carbocycles. The molecule has 24 heavy (non-hydrogen) atoms. The highest BCUT2D eigenvalue weighted by molar-refractivity contribution is 5.79. The van der Waals surface area contributed by atoms with E-state index >= 15 is 0 Å². The van der Waals surface area contributed by atoms with Gasteiger partial charge in [0.25, 0.3) is 0 Å². The normalized spacial score (nSPS) is 25.8. The third-order valence-corrected chi connectivity index (χ3v) is 4.76. The van der Waals surface area contributed by atoms with Gasteiger partial charge in [0.1, 0.15) is 5.82 Å². The van der Waals surface area contributed by atoms with Gasteiger partial charge in [-0.2, -0.15) is 4.98 Å². The number of morpholine rings is 1. The van der Waals surface area contributed by atoms with Crippen LogP contribution < -0.4 is 10.6 Å². The number of rotatable bonds is 2. The van der Waals surface area contributed by atoms with Crippen LogP contribution in [-0.2, 0) is 9.53 Å². The fourth-order valence-corrected chi connectivity index (χ4v) is 3.71. The van der Waals surface area contributed by atoms with Crippen molar-refractivity contribution in [2.24, 2.45) is 5.92 Å². The highest BCUT2D eigenvalue weighted by atomic mass is 16.5. The third-order valence-electron chi connectivity index (χ3n) is 4.76. The zero-order chi connectivity index (χ0) is 17.3. The zero-order valence-electron chi connectivity index (χ0n) is 14.7. The number of amides is 1. The number of ether oxygens (including phenoxy) is 1. The summed E-state index contributed by atoms with van der Waals surface area (Å²) < 4.78 is 5.72. The molecule has 0 radical (unpaired) electrons. The number of nitrogens with zero attached hydrogens (tertiary/aromatic N) is 4. The molecule has 1 aromatic rings. The molecule has 0 spiro atoms. The number of hydrogen-bond donors (Lipinski definition) is 1. The first-order chi connectivity index (χ1) is 11.4. The minimum Gasteiger partial charge on any atom is -0.372 e. The first-order valence-electron chi connectivity index (χ1n) is 8.72. The fourth-order valence-electron chi connectivity index (χ4n) is 3.71. The highest BCUT2D eigenvalue weighted by Gasteiger charge is 2.32. The van der Waals surface area contributed by atoms with Gasteiger partial charge in [-0.15, -0.1) is 0 Å². The molecule has 2 N–H and O–H groups in total. The molecular formula is C17H27N5O2. The Hall–Kier alpha value is -1.89. The average Bonchev–Trinajstić information content (AvgIpc) is 2.52. The first-order valence-corrected chi connectivity index (χ1v) is 8.72. The molecule has 0 aromatic carbocycles. The Bertz CT molecular complexity index is 570. The minimum absolute atomic E-state index is 0.0963. The van der Waals surface area contributed by atoms with E-state index in [1.807, 2.05) is 31.7 Å². The maximum absolute atomic E-state index is 12.8. The summed E-state index contributed by atoms with van der Waals surface area (Å²) >= 11 is 0. The molecule has 2 aliphatic rings. The fraction of sp³-hybridized carbons (Fsp3) is 0.706. The van der Waals surface area contributed by atoms with Gasteiger partial charge in [-0.25, -0.2) is 4.98 Å². The molecule has 0 aliphatic carbocycles. The van der Waals surface area contributed by atoms with E-state index in [9.17, 15) is 4.79 Å². The molecule has 0 unspecified atom stereocenters. The number of carbonyl (C=O) groups excluding carboxylic acids is 1. The predicted octanol–water partition coefficient (Wildman–Crippen LogP) is 1.22. The molecule has 132 valence electrons. The molecule has 7 heteroatoms. The molecule has 3 heterocycles. The second-order valence-corrected chi connectivity index (χ2v) is 6.99. The van der Waals surface area contributed by atoms with Crippen LogP contribution in [0.5, 0.6) is 0 Å². The van der Waals surface area contributed by atoms with E-state index in [1.165, 1.54) is 0 Å². The molecule has 1 aromatic heterocycles. The lowest BCUT2D eigenvalue weighted by Gasteiger charge is -2.39. The van der Waals surface area contributed by atoms with E-state index in [2.05, 4.69) is 14.9 Å². The van der Waals surface area contributed by atoms with Gasteiger partial charge < -0.3 is 20.3 Å². The highest BCUT2D eigenvalue weighted by Crippen LogP contribution is 2.25. The topological polar surface area (TPSA) is 84.6 Å². The van der Waals surface area contributed by atoms with Gasteiger partial charge in [0, 0.05) is 43.9 Å². The Morgan fingerprint density at radius 1 is 1.21 bits per heavy atom. The van der Waals surface area contributed by atoms with Crippen molar-refractivity contribution in [2.45, 2.75) is 45.8 Å². The number of piperidine rings is 1. The number of carbonyl (C=O) groups is 1. The van der Waals surface area contributed by atoms with Crippen molar-refractivity contribution in [3.05, 3.63) is 11.8 Å². The largest absolute Gasteiger partial charge is 0.372 e. The number of anilines is 2. The van der Waals surface area contributed by atoms with Crippen LogP contribution in [0.2, 0.25) is 0 Å². The molecular weight excluding hydrogens is 306 g/mol. The van der Waals surface area contributed by atoms with Crippen molar-refractivity contribution in [3.8, 4) is 0 Å². The first kappa shape index (κ1) is 17.0. The summed E-state index contributed by atoms with van der Waals surface area (Å²) in [4.78, 5) is 25.4. The van der Waals surface area contributed by atoms with E-state index in [-0.39, 0.29) is 24.0 Å². The van der Waals surface area contributed by atoms with Gasteiger partial charge in [0.2, 0.25) is 11.9 Å². The lowest BCUT2D eigenvalue weighted by atomic mass is 9.94. The summed E-state index contributed by atoms with van der Waals surface area (Å²) in [6.45, 7) is 9.01. The number of nitrogens with two attached hydrogens (primary N) is 1. The summed E-state index contributed by atoms with van der Waals surface area (Å²) in [5, 5.41) is 0. The summed E-state index contributed by atoms with van der Waals surface area (Å²) in [6, 6.07) is 1.95. The number of aryl methyl sites for hydroxylation is 1. The Labute approximate surface area is 143 Å². The lowest BCUT2D eigenvalue weighted by molar-refractivity contribution is -0.148. The quantitative estimate of drug-likeness (QED) is 0.876. The number of aromatic nitrogens is 2. The van der Waals surface area contributed by atoms with Gasteiger partial charge in [-0.05, 0) is 33.6 Å². The number of hydrogen-bond acceptors (Lipinski definition) is 6. The van der Waals surface area contributed by atoms with Crippen molar-refractivity contribution in [3.63, 3.8) is 0 Å². The Balaban J connectivity index is 1.59. The SMILES string of the molecule is Cc1cc(N2CCC(C(=O)N3C[C@@H](C)O[C@H](C)C3)CC2)nc(N)n1. The average molecular weight is 333 g/mol. The van der Waals surface area contributed by atoms with Gasteiger partial charge in [-0.1, -0.05) is 0 Å². The van der Waals surface area contributed by atoms with Gasteiger partial charge in [0.05, 0.1) is 12.2 Å². The van der Waals surface area contributed by atoms with Crippen LogP contribution in [0.3, 0.4) is 0 Å². The summed E-state index contributed by atoms with van der Waals surface area (Å²) in [5.74, 6) is 1.54. The van der Waals surface area contributed by atoms with E-state index in [0.29, 0.717) is 19.0 Å². The number of nitrogen functional groups attached to an aromatic ring is 1. The van der Waals surface area contributed by atoms with Crippen LogP contribution in [0.4, 0.5) is 11.8 Å². The molecule has 0 bridgehead atoms. The maximum Gasteiger partial charge on any atom is 0.225 e. The van der Waals surface area contributed by atoms with Crippen LogP contribution in [0.25, 0.3) is 0 Å². The standard InChI is InChI=1S/C17H27N5O2/c1-11-8-15(20-17(18)19-11)21-6-4-14(5-7-21)16(23)22-9-12(2)24-13(3)10-22/h8,12-14H,4-7,9-10H2,1-3H3,(H2,18,19,20)/t12-,13-/m1/s1. The monoisotopic (exact) mass is 333 g/mol. The van der Waals surface area contributed by atoms with E-state index in [4.69, 9.17) is 10.5 Å². The van der Waals surface area contributed by atoms with E-state index in [0.717, 1.165) is 37.4 Å². The van der Waals surface area contributed by atoms with Crippen molar-refractivity contribution < 1.29 is 9.53 Å². The van der Waals surface area contributed by atoms with Crippen LogP contribution in [0.1, 0.15) is 32.4 Å². The van der Waals surface area contributed by atoms with Crippen LogP contribution in [0, 0.1) is 12.8 Å². The predicted molar refractivity (Wildman–Crippen MR) is 92.7 cm³/mol. The van der Waals surface area contributed by atoms with Gasteiger partial charge in [-0.3, -0.25) is 4.79 Å². The van der Waals surface area contributed by atoms with Gasteiger partial charge >= 0.3 is 0 Å². The van der Waals surface area contributed by atoms with Crippen molar-refractivity contribution >= 4 is 17.7 Å². The summed E-state index contributed by atoms with van der Waals surface area (Å²) in [7, 11) is 0. The second-order valence-electron chi connectivity index (χ2n) is 6.99. The van der Waals surface area contributed by atoms with E-state index < -0.39 is 0 Å². The van der Waals surface area contributed by atoms with Crippen molar-refractivity contribution in [1.29, 1.82) is 0 Å². The molecule has 3 rings (SSSR count). The molecule has 2 aliphatic heterocycles. The summed E-state index contributed by atoms with van der Waals surface area (Å²) in [6.07, 6.45) is 1.93. The van der Waals surface area contributed by atoms with Crippen LogP contribution in [-0.4, -0.2) is 59.2 Å². The van der Waals surface area contributed by atoms with E-state index in [1.54, 1.807) is 0 Å². The van der Waals surface area contributed by atoms with Crippen molar-refractivity contribution in [1.82, 2.24) is 14.9 Å². The minimum atomic E-state index is 0.0963. The Morgan fingerprint density at radius 3 is 2.42 bits per heavy atom. The lowest BCUT2D eigenvalue weighted by Crippen LogP contribution is -2.51. The smallest absolute Gasteiger partial charge is 0.225 e. The molecule has 2 fully saturated rings. The van der Waals surface area contributed by atoms with Crippen LogP contribution in [0.15, 0.2) is 6.07 Å². The Kier molecular flexibility index (Phi) is 4.89. The maximum atomic E-state index is 12.8.